The zero-order valence-corrected chi connectivity index (χ0v) is 18.5. The number of rotatable bonds is 6. The van der Waals surface area contributed by atoms with Crippen molar-refractivity contribution >= 4 is 5.96 Å². The lowest BCUT2D eigenvalue weighted by molar-refractivity contribution is -0.0174. The molecule has 2 aliphatic heterocycles. The summed E-state index contributed by atoms with van der Waals surface area (Å²) in [5.74, 6) is 1.91. The highest BCUT2D eigenvalue weighted by Gasteiger charge is 2.25. The molecular formula is C22H43N5O. The molecule has 3 aliphatic rings. The van der Waals surface area contributed by atoms with Crippen LogP contribution in [0.1, 0.15) is 58.8 Å². The van der Waals surface area contributed by atoms with Crippen molar-refractivity contribution in [1.82, 2.24) is 20.4 Å². The van der Waals surface area contributed by atoms with Gasteiger partial charge in [0.1, 0.15) is 0 Å². The Labute approximate surface area is 172 Å². The van der Waals surface area contributed by atoms with Crippen LogP contribution in [0.15, 0.2) is 4.99 Å². The maximum Gasteiger partial charge on any atom is 0.191 e. The Morgan fingerprint density at radius 3 is 2.54 bits per heavy atom. The van der Waals surface area contributed by atoms with Crippen molar-refractivity contribution in [1.29, 1.82) is 0 Å². The number of ether oxygens (including phenoxy) is 1. The van der Waals surface area contributed by atoms with E-state index in [9.17, 15) is 0 Å². The van der Waals surface area contributed by atoms with Crippen LogP contribution in [-0.4, -0.2) is 86.9 Å². The molecule has 0 radical (unpaired) electrons. The van der Waals surface area contributed by atoms with Crippen LogP contribution in [0.4, 0.5) is 0 Å². The minimum atomic E-state index is 0.481. The van der Waals surface area contributed by atoms with Crippen molar-refractivity contribution in [3.63, 3.8) is 0 Å². The molecule has 3 fully saturated rings. The topological polar surface area (TPSA) is 52.1 Å². The second-order valence-electron chi connectivity index (χ2n) is 9.19. The molecule has 2 atom stereocenters. The van der Waals surface area contributed by atoms with Crippen molar-refractivity contribution in [2.45, 2.75) is 76.9 Å². The predicted molar refractivity (Wildman–Crippen MR) is 117 cm³/mol. The van der Waals surface area contributed by atoms with Crippen LogP contribution in [0.25, 0.3) is 0 Å². The summed E-state index contributed by atoms with van der Waals surface area (Å²) in [5, 5.41) is 7.22. The number of nitrogens with zero attached hydrogens (tertiary/aromatic N) is 3. The third kappa shape index (κ3) is 6.60. The van der Waals surface area contributed by atoms with E-state index in [0.29, 0.717) is 18.1 Å². The van der Waals surface area contributed by atoms with Crippen LogP contribution in [0.5, 0.6) is 0 Å². The molecule has 6 nitrogen and oxygen atoms in total. The fourth-order valence-corrected chi connectivity index (χ4v) is 5.14. The minimum absolute atomic E-state index is 0.481. The third-order valence-electron chi connectivity index (χ3n) is 6.94. The molecule has 0 amide bonds. The van der Waals surface area contributed by atoms with Crippen LogP contribution in [0, 0.1) is 5.92 Å². The summed E-state index contributed by atoms with van der Waals surface area (Å²) < 4.78 is 5.56. The quantitative estimate of drug-likeness (QED) is 0.536. The summed E-state index contributed by atoms with van der Waals surface area (Å²) in [6.45, 7) is 12.0. The van der Waals surface area contributed by atoms with Crippen molar-refractivity contribution in [3.8, 4) is 0 Å². The van der Waals surface area contributed by atoms with Gasteiger partial charge in [0.25, 0.3) is 0 Å². The molecule has 0 aromatic carbocycles. The van der Waals surface area contributed by atoms with Crippen LogP contribution in [0.3, 0.4) is 0 Å². The largest absolute Gasteiger partial charge is 0.379 e. The van der Waals surface area contributed by atoms with E-state index >= 15 is 0 Å². The highest BCUT2D eigenvalue weighted by molar-refractivity contribution is 5.80. The van der Waals surface area contributed by atoms with Gasteiger partial charge in [-0.05, 0) is 45.4 Å². The Hall–Kier alpha value is -0.850. The number of guanidine groups is 1. The zero-order valence-electron chi connectivity index (χ0n) is 18.5. The molecule has 28 heavy (non-hydrogen) atoms. The zero-order chi connectivity index (χ0) is 19.8. The summed E-state index contributed by atoms with van der Waals surface area (Å²) in [4.78, 5) is 9.70. The second kappa shape index (κ2) is 11.4. The highest BCUT2D eigenvalue weighted by atomic mass is 16.5. The van der Waals surface area contributed by atoms with Crippen molar-refractivity contribution in [3.05, 3.63) is 0 Å². The summed E-state index contributed by atoms with van der Waals surface area (Å²) in [5.41, 5.74) is 0. The van der Waals surface area contributed by atoms with Gasteiger partial charge >= 0.3 is 0 Å². The van der Waals surface area contributed by atoms with E-state index in [1.165, 1.54) is 64.6 Å². The number of aliphatic imine (C=N–C) groups is 1. The van der Waals surface area contributed by atoms with Gasteiger partial charge in [-0.3, -0.25) is 9.89 Å². The first-order valence-corrected chi connectivity index (χ1v) is 11.7. The summed E-state index contributed by atoms with van der Waals surface area (Å²) in [7, 11) is 1.88. The minimum Gasteiger partial charge on any atom is -0.379 e. The number of morpholine rings is 1. The molecule has 1 saturated carbocycles. The Bertz CT molecular complexity index is 472. The number of piperidine rings is 1. The maximum atomic E-state index is 5.56. The van der Waals surface area contributed by atoms with Crippen LogP contribution >= 0.6 is 0 Å². The lowest BCUT2D eigenvalue weighted by Crippen LogP contribution is -2.54. The molecule has 2 unspecified atom stereocenters. The fourth-order valence-electron chi connectivity index (χ4n) is 5.14. The molecule has 0 aromatic heterocycles. The molecule has 2 saturated heterocycles. The van der Waals surface area contributed by atoms with E-state index in [4.69, 9.17) is 4.74 Å². The van der Waals surface area contributed by atoms with Gasteiger partial charge in [-0.25, -0.2) is 0 Å². The lowest BCUT2D eigenvalue weighted by Gasteiger charge is -2.38. The van der Waals surface area contributed by atoms with Crippen molar-refractivity contribution < 1.29 is 4.74 Å². The molecule has 0 aromatic rings. The average molecular weight is 394 g/mol. The van der Waals surface area contributed by atoms with E-state index in [0.717, 1.165) is 38.2 Å². The van der Waals surface area contributed by atoms with Crippen LogP contribution in [-0.2, 0) is 4.74 Å². The normalized spacial score (nSPS) is 28.2. The van der Waals surface area contributed by atoms with Gasteiger partial charge in [0, 0.05) is 57.9 Å². The van der Waals surface area contributed by atoms with Crippen LogP contribution < -0.4 is 10.6 Å². The molecular weight excluding hydrogens is 350 g/mol. The van der Waals surface area contributed by atoms with Crippen LogP contribution in [0.2, 0.25) is 0 Å². The van der Waals surface area contributed by atoms with Crippen molar-refractivity contribution in [2.75, 3.05) is 53.0 Å². The van der Waals surface area contributed by atoms with Gasteiger partial charge < -0.3 is 20.3 Å². The van der Waals surface area contributed by atoms with Crippen molar-refractivity contribution in [2.24, 2.45) is 10.9 Å². The SMILES string of the molecule is CN=C(NCC(C)N1CCOCC1C)NC1CCN(CC2CCCCC2)CC1. The highest BCUT2D eigenvalue weighted by Crippen LogP contribution is 2.25. The Balaban J connectivity index is 1.34. The summed E-state index contributed by atoms with van der Waals surface area (Å²) in [6, 6.07) is 1.52. The first-order chi connectivity index (χ1) is 13.7. The fraction of sp³-hybridized carbons (Fsp3) is 0.955. The number of hydrogen-bond donors (Lipinski definition) is 2. The molecule has 1 aliphatic carbocycles. The second-order valence-corrected chi connectivity index (χ2v) is 9.19. The molecule has 6 heteroatoms. The molecule has 0 bridgehead atoms. The van der Waals surface area contributed by atoms with Gasteiger partial charge in [0.15, 0.2) is 5.96 Å². The Morgan fingerprint density at radius 2 is 1.86 bits per heavy atom. The standard InChI is InChI=1S/C22H43N5O/c1-18(27-13-14-28-17-19(27)2)15-24-22(23-3)25-21-9-11-26(12-10-21)16-20-7-5-4-6-8-20/h18-21H,4-17H2,1-3H3,(H2,23,24,25). The van der Waals surface area contributed by atoms with Gasteiger partial charge in [0.05, 0.1) is 13.2 Å². The smallest absolute Gasteiger partial charge is 0.191 e. The van der Waals surface area contributed by atoms with E-state index < -0.39 is 0 Å². The summed E-state index contributed by atoms with van der Waals surface area (Å²) >= 11 is 0. The van der Waals surface area contributed by atoms with E-state index in [2.05, 4.69) is 39.3 Å². The van der Waals surface area contributed by atoms with E-state index in [-0.39, 0.29) is 0 Å². The van der Waals surface area contributed by atoms with Gasteiger partial charge in [-0.1, -0.05) is 19.3 Å². The molecule has 3 rings (SSSR count). The first-order valence-electron chi connectivity index (χ1n) is 11.7. The molecule has 2 heterocycles. The number of nitrogens with one attached hydrogen (secondary N) is 2. The van der Waals surface area contributed by atoms with E-state index in [1.54, 1.807) is 0 Å². The third-order valence-corrected chi connectivity index (χ3v) is 6.94. The van der Waals surface area contributed by atoms with Gasteiger partial charge in [0.2, 0.25) is 0 Å². The van der Waals surface area contributed by atoms with E-state index in [1.807, 2.05) is 7.05 Å². The first kappa shape index (κ1) is 21.8. The lowest BCUT2D eigenvalue weighted by atomic mass is 9.88. The molecule has 0 spiro atoms. The summed E-state index contributed by atoms with van der Waals surface area (Å²) in [6.07, 6.45) is 9.71. The Morgan fingerprint density at radius 1 is 1.11 bits per heavy atom. The van der Waals surface area contributed by atoms with Gasteiger partial charge in [-0.2, -0.15) is 0 Å². The number of likely N-dealkylation sites (tertiary alicyclic amines) is 1. The molecule has 2 N–H and O–H groups in total. The molecule has 162 valence electrons. The Kier molecular flexibility index (Phi) is 8.87. The average Bonchev–Trinajstić information content (AvgIpc) is 2.73. The predicted octanol–water partition coefficient (Wildman–Crippen LogP) is 2.31. The van der Waals surface area contributed by atoms with Gasteiger partial charge in [-0.15, -0.1) is 0 Å². The monoisotopic (exact) mass is 393 g/mol. The maximum absolute atomic E-state index is 5.56. The number of hydrogen-bond acceptors (Lipinski definition) is 4.